The Morgan fingerprint density at radius 2 is 2.33 bits per heavy atom. The summed E-state index contributed by atoms with van der Waals surface area (Å²) < 4.78 is 1.09. The maximum Gasteiger partial charge on any atom is 0.181 e. The Morgan fingerprint density at radius 1 is 1.53 bits per heavy atom. The number of nitrogen functional groups attached to an aromatic ring is 1. The van der Waals surface area contributed by atoms with E-state index in [1.54, 1.807) is 6.92 Å². The van der Waals surface area contributed by atoms with Gasteiger partial charge in [-0.25, -0.2) is 4.98 Å². The predicted octanol–water partition coefficient (Wildman–Crippen LogP) is 2.40. The predicted molar refractivity (Wildman–Crippen MR) is 63.0 cm³/mol. The highest BCUT2D eigenvalue weighted by molar-refractivity contribution is 7.22. The maximum absolute atomic E-state index is 10.9. The molecule has 0 spiro atoms. The molecule has 0 fully saturated rings. The normalized spacial score (nSPS) is 10.7. The number of anilines is 1. The first-order valence-corrected chi connectivity index (χ1v) is 5.61. The number of nitrogens with two attached hydrogens (primary N) is 1. The van der Waals surface area contributed by atoms with Crippen molar-refractivity contribution in [1.82, 2.24) is 4.98 Å². The van der Waals surface area contributed by atoms with Crippen LogP contribution in [-0.2, 0) is 11.2 Å². The van der Waals surface area contributed by atoms with Gasteiger partial charge in [0.05, 0.1) is 10.2 Å². The number of Topliss-reactive ketones (excluding diaryl/α,β-unsaturated/α-hetero) is 1. The van der Waals surface area contributed by atoms with Crippen molar-refractivity contribution in [1.29, 1.82) is 0 Å². The molecule has 3 nitrogen and oxygen atoms in total. The molecule has 0 saturated carbocycles. The summed E-state index contributed by atoms with van der Waals surface area (Å²) in [6, 6.07) is 6.02. The molecule has 0 unspecified atom stereocenters. The number of rotatable bonds is 3. The topological polar surface area (TPSA) is 56.0 Å². The van der Waals surface area contributed by atoms with E-state index in [4.69, 9.17) is 5.73 Å². The summed E-state index contributed by atoms with van der Waals surface area (Å²) >= 11 is 1.48. The van der Waals surface area contributed by atoms with E-state index < -0.39 is 0 Å². The number of nitrogens with zero attached hydrogens (tertiary/aromatic N) is 1. The van der Waals surface area contributed by atoms with Crippen LogP contribution in [0.25, 0.3) is 10.2 Å². The van der Waals surface area contributed by atoms with Crippen molar-refractivity contribution >= 4 is 32.5 Å². The van der Waals surface area contributed by atoms with E-state index in [0.29, 0.717) is 11.6 Å². The minimum atomic E-state index is 0.221. The van der Waals surface area contributed by atoms with Crippen LogP contribution in [0.4, 0.5) is 5.13 Å². The molecule has 2 N–H and O–H groups in total. The van der Waals surface area contributed by atoms with E-state index in [9.17, 15) is 4.79 Å². The van der Waals surface area contributed by atoms with Crippen molar-refractivity contribution < 1.29 is 4.79 Å². The minimum Gasteiger partial charge on any atom is -0.375 e. The van der Waals surface area contributed by atoms with Crippen LogP contribution in [0.5, 0.6) is 0 Å². The quantitative estimate of drug-likeness (QED) is 0.864. The third kappa shape index (κ3) is 2.33. The largest absolute Gasteiger partial charge is 0.375 e. The van der Waals surface area contributed by atoms with E-state index in [1.807, 2.05) is 12.1 Å². The maximum atomic E-state index is 10.9. The van der Waals surface area contributed by atoms with E-state index in [2.05, 4.69) is 11.1 Å². The lowest BCUT2D eigenvalue weighted by molar-refractivity contribution is -0.116. The fraction of sp³-hybridized carbons (Fsp3) is 0.273. The first-order chi connectivity index (χ1) is 7.15. The Balaban J connectivity index is 2.26. The zero-order chi connectivity index (χ0) is 10.8. The number of carbonyl (C=O) groups excluding carboxylic acids is 1. The third-order valence-corrected chi connectivity index (χ3v) is 3.08. The van der Waals surface area contributed by atoms with Crippen molar-refractivity contribution in [3.63, 3.8) is 0 Å². The van der Waals surface area contributed by atoms with Crippen LogP contribution in [0.15, 0.2) is 18.2 Å². The molecular formula is C11H12N2OS. The Labute approximate surface area is 91.9 Å². The summed E-state index contributed by atoms with van der Waals surface area (Å²) in [7, 11) is 0. The van der Waals surface area contributed by atoms with E-state index in [0.717, 1.165) is 16.6 Å². The molecule has 0 amide bonds. The van der Waals surface area contributed by atoms with Crippen LogP contribution < -0.4 is 5.73 Å². The number of fused-ring (bicyclic) bond motifs is 1. The zero-order valence-corrected chi connectivity index (χ0v) is 9.30. The molecule has 0 aliphatic rings. The minimum absolute atomic E-state index is 0.221. The van der Waals surface area contributed by atoms with Crippen molar-refractivity contribution in [2.24, 2.45) is 0 Å². The molecule has 1 aromatic heterocycles. The standard InChI is InChI=1S/C11H12N2OS/c1-7(14)2-3-8-4-5-9-10(6-8)15-11(12)13-9/h4-6H,2-3H2,1H3,(H2,12,13). The molecule has 2 aromatic rings. The molecule has 0 saturated heterocycles. The van der Waals surface area contributed by atoms with Gasteiger partial charge < -0.3 is 10.5 Å². The van der Waals surface area contributed by atoms with E-state index >= 15 is 0 Å². The molecule has 4 heteroatoms. The first-order valence-electron chi connectivity index (χ1n) is 4.79. The fourth-order valence-electron chi connectivity index (χ4n) is 1.46. The molecule has 2 rings (SSSR count). The lowest BCUT2D eigenvalue weighted by Crippen LogP contribution is -1.93. The number of thiazole rings is 1. The van der Waals surface area contributed by atoms with Crippen LogP contribution >= 0.6 is 11.3 Å². The number of aromatic nitrogens is 1. The molecule has 15 heavy (non-hydrogen) atoms. The number of hydrogen-bond donors (Lipinski definition) is 1. The highest BCUT2D eigenvalue weighted by Crippen LogP contribution is 2.24. The average molecular weight is 220 g/mol. The molecule has 0 atom stereocenters. The molecule has 1 heterocycles. The van der Waals surface area contributed by atoms with Gasteiger partial charge in [0.2, 0.25) is 0 Å². The second-order valence-electron chi connectivity index (χ2n) is 3.56. The van der Waals surface area contributed by atoms with Crippen molar-refractivity contribution in [3.05, 3.63) is 23.8 Å². The SMILES string of the molecule is CC(=O)CCc1ccc2nc(N)sc2c1. The Morgan fingerprint density at radius 3 is 3.07 bits per heavy atom. The summed E-state index contributed by atoms with van der Waals surface area (Å²) in [5.74, 6) is 0.221. The van der Waals surface area contributed by atoms with Gasteiger partial charge in [0.1, 0.15) is 5.78 Å². The number of carbonyl (C=O) groups is 1. The van der Waals surface area contributed by atoms with Crippen LogP contribution in [-0.4, -0.2) is 10.8 Å². The van der Waals surface area contributed by atoms with Gasteiger partial charge >= 0.3 is 0 Å². The van der Waals surface area contributed by atoms with Gasteiger partial charge in [-0.05, 0) is 31.0 Å². The monoisotopic (exact) mass is 220 g/mol. The highest BCUT2D eigenvalue weighted by Gasteiger charge is 2.02. The number of ketones is 1. The van der Waals surface area contributed by atoms with Crippen LogP contribution in [0, 0.1) is 0 Å². The molecule has 78 valence electrons. The van der Waals surface area contributed by atoms with Crippen LogP contribution in [0.1, 0.15) is 18.9 Å². The molecule has 0 bridgehead atoms. The third-order valence-electron chi connectivity index (χ3n) is 2.24. The molecule has 0 aliphatic heterocycles. The van der Waals surface area contributed by atoms with Crippen molar-refractivity contribution in [2.45, 2.75) is 19.8 Å². The van der Waals surface area contributed by atoms with Crippen molar-refractivity contribution in [2.75, 3.05) is 5.73 Å². The Bertz CT molecular complexity index is 504. The first kappa shape index (κ1) is 10.1. The summed E-state index contributed by atoms with van der Waals surface area (Å²) in [6.07, 6.45) is 1.39. The second kappa shape index (κ2) is 3.98. The zero-order valence-electron chi connectivity index (χ0n) is 8.49. The number of aryl methyl sites for hydroxylation is 1. The smallest absolute Gasteiger partial charge is 0.181 e. The molecular weight excluding hydrogens is 208 g/mol. The highest BCUT2D eigenvalue weighted by atomic mass is 32.1. The summed E-state index contributed by atoms with van der Waals surface area (Å²) in [4.78, 5) is 15.0. The Hall–Kier alpha value is -1.42. The number of benzene rings is 1. The molecule has 0 radical (unpaired) electrons. The van der Waals surface area contributed by atoms with Gasteiger partial charge in [0.15, 0.2) is 5.13 Å². The lowest BCUT2D eigenvalue weighted by atomic mass is 10.1. The summed E-state index contributed by atoms with van der Waals surface area (Å²) in [6.45, 7) is 1.61. The van der Waals surface area contributed by atoms with Gasteiger partial charge in [-0.15, -0.1) is 0 Å². The lowest BCUT2D eigenvalue weighted by Gasteiger charge is -1.98. The molecule has 0 aliphatic carbocycles. The van der Waals surface area contributed by atoms with Gasteiger partial charge in [-0.2, -0.15) is 0 Å². The average Bonchev–Trinajstić information content (AvgIpc) is 2.53. The van der Waals surface area contributed by atoms with Gasteiger partial charge in [0, 0.05) is 6.42 Å². The van der Waals surface area contributed by atoms with Crippen LogP contribution in [0.2, 0.25) is 0 Å². The van der Waals surface area contributed by atoms with Crippen molar-refractivity contribution in [3.8, 4) is 0 Å². The van der Waals surface area contributed by atoms with Gasteiger partial charge in [-0.3, -0.25) is 0 Å². The van der Waals surface area contributed by atoms with E-state index in [-0.39, 0.29) is 5.78 Å². The summed E-state index contributed by atoms with van der Waals surface area (Å²) in [5, 5.41) is 0.591. The molecule has 1 aromatic carbocycles. The fourth-order valence-corrected chi connectivity index (χ4v) is 2.26. The number of hydrogen-bond acceptors (Lipinski definition) is 4. The summed E-state index contributed by atoms with van der Waals surface area (Å²) in [5.41, 5.74) is 7.72. The van der Waals surface area contributed by atoms with Crippen LogP contribution in [0.3, 0.4) is 0 Å². The van der Waals surface area contributed by atoms with E-state index in [1.165, 1.54) is 16.9 Å². The second-order valence-corrected chi connectivity index (χ2v) is 4.62. The van der Waals surface area contributed by atoms with Gasteiger partial charge in [0.25, 0.3) is 0 Å². The Kier molecular flexibility index (Phi) is 2.68. The van der Waals surface area contributed by atoms with Gasteiger partial charge in [-0.1, -0.05) is 17.4 Å².